The number of rotatable bonds is 6. The van der Waals surface area contributed by atoms with E-state index in [0.29, 0.717) is 29.9 Å². The summed E-state index contributed by atoms with van der Waals surface area (Å²) in [5, 5.41) is 2.68. The van der Waals surface area contributed by atoms with Gasteiger partial charge in [-0.1, -0.05) is 54.6 Å². The fraction of sp³-hybridized carbons (Fsp3) is 0.344. The van der Waals surface area contributed by atoms with E-state index in [9.17, 15) is 27.6 Å². The predicted molar refractivity (Wildman–Crippen MR) is 148 cm³/mol. The van der Waals surface area contributed by atoms with Crippen LogP contribution in [0.25, 0.3) is 0 Å². The second-order valence-corrected chi connectivity index (χ2v) is 10.4. The number of ether oxygens (including phenoxy) is 1. The summed E-state index contributed by atoms with van der Waals surface area (Å²) in [5.41, 5.74) is 8.64. The van der Waals surface area contributed by atoms with Crippen LogP contribution in [0.4, 0.5) is 13.2 Å². The molecule has 1 aliphatic rings. The molecular formula is C32H33F3N2O4. The van der Waals surface area contributed by atoms with Crippen LogP contribution in [-0.2, 0) is 33.6 Å². The average Bonchev–Trinajstić information content (AvgIpc) is 2.93. The van der Waals surface area contributed by atoms with E-state index >= 15 is 0 Å². The van der Waals surface area contributed by atoms with Crippen molar-refractivity contribution in [1.29, 1.82) is 0 Å². The van der Waals surface area contributed by atoms with Gasteiger partial charge in [0.05, 0.1) is 18.5 Å². The van der Waals surface area contributed by atoms with E-state index in [0.717, 1.165) is 11.1 Å². The molecule has 0 saturated heterocycles. The van der Waals surface area contributed by atoms with Gasteiger partial charge >= 0.3 is 6.18 Å². The summed E-state index contributed by atoms with van der Waals surface area (Å²) in [6, 6.07) is 21.4. The van der Waals surface area contributed by atoms with Crippen molar-refractivity contribution < 1.29 is 32.3 Å². The summed E-state index contributed by atoms with van der Waals surface area (Å²) in [5.74, 6) is -1.45. The number of nitrogens with one attached hydrogen (secondary N) is 1. The Morgan fingerprint density at radius 2 is 1.51 bits per heavy atom. The summed E-state index contributed by atoms with van der Waals surface area (Å²) in [7, 11) is 0. The highest BCUT2D eigenvalue weighted by atomic mass is 19.4. The normalized spacial score (nSPS) is 20.1. The molecule has 0 fully saturated rings. The topological polar surface area (TPSA) is 98.5 Å². The van der Waals surface area contributed by atoms with E-state index in [2.05, 4.69) is 5.32 Å². The molecule has 4 rings (SSSR count). The number of Topliss-reactive ketones (excluding diaryl/α,β-unsaturated/α-hetero) is 2. The number of ketones is 2. The van der Waals surface area contributed by atoms with Gasteiger partial charge < -0.3 is 15.8 Å². The van der Waals surface area contributed by atoms with Crippen LogP contribution in [0.15, 0.2) is 78.9 Å². The lowest BCUT2D eigenvalue weighted by molar-refractivity contribution is -0.144. The molecule has 0 spiro atoms. The quantitative estimate of drug-likeness (QED) is 0.410. The number of halogens is 3. The number of benzene rings is 3. The Kier molecular flexibility index (Phi) is 9.94. The highest BCUT2D eigenvalue weighted by Crippen LogP contribution is 2.26. The van der Waals surface area contributed by atoms with Crippen molar-refractivity contribution in [3.05, 3.63) is 95.6 Å². The molecule has 0 aromatic heterocycles. The van der Waals surface area contributed by atoms with Crippen molar-refractivity contribution in [1.82, 2.24) is 5.32 Å². The molecule has 0 aliphatic carbocycles. The molecule has 0 radical (unpaired) electrons. The number of aryl methyl sites for hydroxylation is 1. The first-order valence-electron chi connectivity index (χ1n) is 13.6. The van der Waals surface area contributed by atoms with Crippen LogP contribution in [0.1, 0.15) is 42.4 Å². The molecule has 216 valence electrons. The third-order valence-electron chi connectivity index (χ3n) is 7.14. The Hall–Kier alpha value is -3.98. The Labute approximate surface area is 237 Å². The van der Waals surface area contributed by atoms with E-state index in [1.807, 2.05) is 36.4 Å². The first-order valence-corrected chi connectivity index (χ1v) is 13.6. The molecule has 3 N–H and O–H groups in total. The minimum absolute atomic E-state index is 0.0292. The van der Waals surface area contributed by atoms with E-state index < -0.39 is 48.7 Å². The lowest BCUT2D eigenvalue weighted by Gasteiger charge is -2.24. The van der Waals surface area contributed by atoms with Crippen molar-refractivity contribution in [3.63, 3.8) is 0 Å². The highest BCUT2D eigenvalue weighted by Gasteiger charge is 2.32. The maximum atomic E-state index is 13.6. The third kappa shape index (κ3) is 9.28. The van der Waals surface area contributed by atoms with Crippen molar-refractivity contribution >= 4 is 17.5 Å². The van der Waals surface area contributed by atoms with Gasteiger partial charge in [-0.25, -0.2) is 0 Å². The Balaban J connectivity index is 1.66. The maximum Gasteiger partial charge on any atom is 0.389 e. The number of fused-ring (bicyclic) bond motifs is 4. The van der Waals surface area contributed by atoms with Gasteiger partial charge in [0.1, 0.15) is 11.5 Å². The minimum Gasteiger partial charge on any atom is -0.457 e. The SMILES string of the molecule is N[C@H]1Cc2cccc(c2)Oc2cccc(c2)C[C@@H](C(=O)CCC(F)(F)F)NC(=O)[C@H](CCc2ccccc2)CC1=O. The van der Waals surface area contributed by atoms with Crippen LogP contribution in [0.3, 0.4) is 0 Å². The fourth-order valence-electron chi connectivity index (χ4n) is 4.89. The standard InChI is InChI=1S/C32H33F3N2O4/c33-32(34,35)15-14-29(38)28-19-23-9-5-11-26(17-23)41-25-10-4-8-22(16-25)18-27(36)30(39)20-24(31(40)37-28)13-12-21-6-2-1-3-7-21/h1-11,16-17,24,27-28H,12-15,18-20,36H2,(H,37,40)/t24-,27+,28+/m1/s1. The van der Waals surface area contributed by atoms with Gasteiger partial charge in [0, 0.05) is 18.8 Å². The lowest BCUT2D eigenvalue weighted by Crippen LogP contribution is -2.46. The summed E-state index contributed by atoms with van der Waals surface area (Å²) in [6.07, 6.45) is -5.72. The van der Waals surface area contributed by atoms with Crippen molar-refractivity contribution in [3.8, 4) is 11.5 Å². The van der Waals surface area contributed by atoms with Gasteiger partial charge in [-0.3, -0.25) is 14.4 Å². The fourth-order valence-corrected chi connectivity index (χ4v) is 4.89. The Bertz CT molecular complexity index is 1360. The minimum atomic E-state index is -4.51. The molecule has 0 unspecified atom stereocenters. The first kappa shape index (κ1) is 30.0. The van der Waals surface area contributed by atoms with E-state index in [-0.39, 0.29) is 25.0 Å². The number of nitrogens with two attached hydrogens (primary N) is 1. The largest absolute Gasteiger partial charge is 0.457 e. The zero-order valence-electron chi connectivity index (χ0n) is 22.5. The zero-order chi connectivity index (χ0) is 29.4. The van der Waals surface area contributed by atoms with Gasteiger partial charge in [-0.05, 0) is 66.6 Å². The number of carbonyl (C=O) groups excluding carboxylic acids is 3. The van der Waals surface area contributed by atoms with Crippen molar-refractivity contribution in [2.24, 2.45) is 11.7 Å². The summed E-state index contributed by atoms with van der Waals surface area (Å²) in [6.45, 7) is 0. The van der Waals surface area contributed by atoms with Gasteiger partial charge in [0.15, 0.2) is 11.6 Å². The smallest absolute Gasteiger partial charge is 0.389 e. The highest BCUT2D eigenvalue weighted by molar-refractivity contribution is 5.93. The maximum absolute atomic E-state index is 13.6. The lowest BCUT2D eigenvalue weighted by atomic mass is 9.89. The van der Waals surface area contributed by atoms with Crippen LogP contribution in [0.5, 0.6) is 11.5 Å². The van der Waals surface area contributed by atoms with Crippen molar-refractivity contribution in [2.75, 3.05) is 0 Å². The van der Waals surface area contributed by atoms with Gasteiger partial charge in [0.25, 0.3) is 0 Å². The van der Waals surface area contributed by atoms with Crippen LogP contribution in [0.2, 0.25) is 0 Å². The molecule has 3 atom stereocenters. The molecule has 1 amide bonds. The molecule has 4 bridgehead atoms. The molecule has 3 aromatic carbocycles. The summed E-state index contributed by atoms with van der Waals surface area (Å²) in [4.78, 5) is 39.8. The van der Waals surface area contributed by atoms with Crippen LogP contribution in [-0.4, -0.2) is 35.7 Å². The Morgan fingerprint density at radius 1 is 0.878 bits per heavy atom. The number of amides is 1. The van der Waals surface area contributed by atoms with Gasteiger partial charge in [-0.2, -0.15) is 13.2 Å². The second kappa shape index (κ2) is 13.6. The van der Waals surface area contributed by atoms with Gasteiger partial charge in [0.2, 0.25) is 5.91 Å². The van der Waals surface area contributed by atoms with Gasteiger partial charge in [-0.15, -0.1) is 0 Å². The van der Waals surface area contributed by atoms with Crippen LogP contribution in [0, 0.1) is 5.92 Å². The molecular weight excluding hydrogens is 533 g/mol. The molecule has 6 nitrogen and oxygen atoms in total. The number of alkyl halides is 3. The van der Waals surface area contributed by atoms with E-state index in [4.69, 9.17) is 10.5 Å². The van der Waals surface area contributed by atoms with E-state index in [1.165, 1.54) is 0 Å². The molecule has 1 aliphatic heterocycles. The van der Waals surface area contributed by atoms with E-state index in [1.54, 1.807) is 42.5 Å². The Morgan fingerprint density at radius 3 is 2.15 bits per heavy atom. The number of hydrogen-bond donors (Lipinski definition) is 2. The molecule has 3 aromatic rings. The molecule has 1 heterocycles. The second-order valence-electron chi connectivity index (χ2n) is 10.4. The molecule has 0 saturated carbocycles. The average molecular weight is 567 g/mol. The molecule has 9 heteroatoms. The number of carbonyl (C=O) groups is 3. The monoisotopic (exact) mass is 566 g/mol. The summed E-state index contributed by atoms with van der Waals surface area (Å²) >= 11 is 0. The first-order chi connectivity index (χ1) is 19.6. The predicted octanol–water partition coefficient (Wildman–Crippen LogP) is 5.51. The number of hydrogen-bond acceptors (Lipinski definition) is 5. The summed E-state index contributed by atoms with van der Waals surface area (Å²) < 4.78 is 44.8. The molecule has 41 heavy (non-hydrogen) atoms. The zero-order valence-corrected chi connectivity index (χ0v) is 22.5. The third-order valence-corrected chi connectivity index (χ3v) is 7.14. The van der Waals surface area contributed by atoms with Crippen LogP contribution >= 0.6 is 0 Å². The van der Waals surface area contributed by atoms with Crippen molar-refractivity contribution in [2.45, 2.75) is 63.2 Å². The van der Waals surface area contributed by atoms with Crippen LogP contribution < -0.4 is 15.8 Å².